The Kier molecular flexibility index (Phi) is 2.63. The van der Waals surface area contributed by atoms with Crippen molar-refractivity contribution in [2.75, 3.05) is 7.11 Å². The van der Waals surface area contributed by atoms with Crippen LogP contribution in [-0.2, 0) is 9.53 Å². The van der Waals surface area contributed by atoms with Crippen LogP contribution < -0.4 is 0 Å². The van der Waals surface area contributed by atoms with Gasteiger partial charge in [0.2, 0.25) is 0 Å². The minimum Gasteiger partial charge on any atom is -0.472 e. The van der Waals surface area contributed by atoms with Gasteiger partial charge in [-0.3, -0.25) is 9.59 Å². The number of esters is 1. The van der Waals surface area contributed by atoms with Gasteiger partial charge in [0.15, 0.2) is 5.78 Å². The van der Waals surface area contributed by atoms with Crippen LogP contribution in [0.2, 0.25) is 0 Å². The first-order valence-electron chi connectivity index (χ1n) is 3.36. The zero-order valence-corrected chi connectivity index (χ0v) is 6.57. The highest BCUT2D eigenvalue weighted by Crippen LogP contribution is 2.04. The summed E-state index contributed by atoms with van der Waals surface area (Å²) in [6, 6.07) is 1.51. The molecule has 0 N–H and O–H groups in total. The molecule has 0 atom stereocenters. The van der Waals surface area contributed by atoms with Crippen molar-refractivity contribution >= 4 is 11.8 Å². The maximum Gasteiger partial charge on any atom is 0.313 e. The normalized spacial score (nSPS) is 9.42. The number of carbonyl (C=O) groups is 2. The van der Waals surface area contributed by atoms with E-state index in [-0.39, 0.29) is 12.2 Å². The highest BCUT2D eigenvalue weighted by Gasteiger charge is 2.12. The van der Waals surface area contributed by atoms with Crippen LogP contribution in [0.5, 0.6) is 0 Å². The molecular formula is C8H8O4. The van der Waals surface area contributed by atoms with Crippen molar-refractivity contribution in [2.24, 2.45) is 0 Å². The van der Waals surface area contributed by atoms with Crippen molar-refractivity contribution in [3.63, 3.8) is 0 Å². The van der Waals surface area contributed by atoms with Gasteiger partial charge < -0.3 is 9.15 Å². The lowest BCUT2D eigenvalue weighted by Crippen LogP contribution is -2.08. The number of ether oxygens (including phenoxy) is 1. The van der Waals surface area contributed by atoms with Gasteiger partial charge >= 0.3 is 5.97 Å². The minimum atomic E-state index is -0.541. The van der Waals surface area contributed by atoms with E-state index < -0.39 is 5.97 Å². The van der Waals surface area contributed by atoms with Gasteiger partial charge in [0.25, 0.3) is 0 Å². The van der Waals surface area contributed by atoms with E-state index in [9.17, 15) is 9.59 Å². The molecule has 64 valence electrons. The molecule has 0 radical (unpaired) electrons. The number of carbonyl (C=O) groups excluding carboxylic acids is 2. The Morgan fingerprint density at radius 2 is 2.33 bits per heavy atom. The predicted molar refractivity (Wildman–Crippen MR) is 39.7 cm³/mol. The molecule has 4 nitrogen and oxygen atoms in total. The first-order chi connectivity index (χ1) is 5.74. The highest BCUT2D eigenvalue weighted by molar-refractivity contribution is 6.05. The van der Waals surface area contributed by atoms with Crippen LogP contribution in [-0.4, -0.2) is 18.9 Å². The van der Waals surface area contributed by atoms with E-state index in [0.29, 0.717) is 5.56 Å². The highest BCUT2D eigenvalue weighted by atomic mass is 16.5. The molecule has 12 heavy (non-hydrogen) atoms. The number of furan rings is 1. The molecule has 0 saturated heterocycles. The zero-order chi connectivity index (χ0) is 8.97. The molecule has 4 heteroatoms. The Labute approximate surface area is 69.1 Å². The van der Waals surface area contributed by atoms with E-state index in [2.05, 4.69) is 9.15 Å². The fourth-order valence-electron chi connectivity index (χ4n) is 0.728. The quantitative estimate of drug-likeness (QED) is 0.384. The number of methoxy groups -OCH3 is 1. The second-order valence-electron chi connectivity index (χ2n) is 2.19. The summed E-state index contributed by atoms with van der Waals surface area (Å²) in [5.41, 5.74) is 0.389. The van der Waals surface area contributed by atoms with Crippen LogP contribution in [0.25, 0.3) is 0 Å². The Bertz CT molecular complexity index is 273. The van der Waals surface area contributed by atoms with E-state index in [4.69, 9.17) is 0 Å². The molecule has 0 spiro atoms. The summed E-state index contributed by atoms with van der Waals surface area (Å²) in [7, 11) is 1.24. The molecule has 0 amide bonds. The number of hydrogen-bond acceptors (Lipinski definition) is 4. The Morgan fingerprint density at radius 1 is 1.58 bits per heavy atom. The third-order valence-corrected chi connectivity index (χ3v) is 1.38. The van der Waals surface area contributed by atoms with Gasteiger partial charge in [-0.2, -0.15) is 0 Å². The largest absolute Gasteiger partial charge is 0.472 e. The summed E-state index contributed by atoms with van der Waals surface area (Å²) in [6.07, 6.45) is 2.44. The monoisotopic (exact) mass is 168 g/mol. The molecule has 1 heterocycles. The molecule has 0 aliphatic heterocycles. The third-order valence-electron chi connectivity index (χ3n) is 1.38. The summed E-state index contributed by atoms with van der Waals surface area (Å²) >= 11 is 0. The number of Topliss-reactive ketones (excluding diaryl/α,β-unsaturated/α-hetero) is 1. The second-order valence-corrected chi connectivity index (χ2v) is 2.19. The van der Waals surface area contributed by atoms with Crippen molar-refractivity contribution in [1.82, 2.24) is 0 Å². The van der Waals surface area contributed by atoms with Gasteiger partial charge in [0.05, 0.1) is 18.9 Å². The molecule has 1 rings (SSSR count). The minimum absolute atomic E-state index is 0.240. The summed E-state index contributed by atoms with van der Waals surface area (Å²) < 4.78 is 9.01. The molecule has 0 aliphatic rings. The Hall–Kier alpha value is -1.58. The van der Waals surface area contributed by atoms with Gasteiger partial charge in [0.1, 0.15) is 12.7 Å². The summed E-state index contributed by atoms with van der Waals surface area (Å²) in [5.74, 6) is -0.836. The fourth-order valence-corrected chi connectivity index (χ4v) is 0.728. The van der Waals surface area contributed by atoms with Crippen molar-refractivity contribution in [2.45, 2.75) is 6.42 Å². The van der Waals surface area contributed by atoms with E-state index in [0.717, 1.165) is 0 Å². The average Bonchev–Trinajstić information content (AvgIpc) is 2.56. The van der Waals surface area contributed by atoms with Crippen LogP contribution in [0.3, 0.4) is 0 Å². The van der Waals surface area contributed by atoms with Crippen LogP contribution in [0.15, 0.2) is 23.0 Å². The topological polar surface area (TPSA) is 56.5 Å². The van der Waals surface area contributed by atoms with Crippen LogP contribution in [0.1, 0.15) is 16.8 Å². The maximum atomic E-state index is 11.1. The van der Waals surface area contributed by atoms with Gasteiger partial charge in [-0.25, -0.2) is 0 Å². The van der Waals surface area contributed by atoms with Crippen molar-refractivity contribution in [3.8, 4) is 0 Å². The predicted octanol–water partition coefficient (Wildman–Crippen LogP) is 1.03. The van der Waals surface area contributed by atoms with Crippen LogP contribution >= 0.6 is 0 Å². The summed E-state index contributed by atoms with van der Waals surface area (Å²) in [4.78, 5) is 21.8. The average molecular weight is 168 g/mol. The second kappa shape index (κ2) is 3.71. The molecule has 0 unspecified atom stereocenters. The van der Waals surface area contributed by atoms with Crippen molar-refractivity contribution in [1.29, 1.82) is 0 Å². The van der Waals surface area contributed by atoms with Crippen LogP contribution in [0, 0.1) is 0 Å². The standard InChI is InChI=1S/C8H8O4/c1-11-8(10)4-7(9)6-2-3-12-5-6/h2-3,5H,4H2,1H3. The third kappa shape index (κ3) is 1.95. The molecule has 0 aromatic carbocycles. The van der Waals surface area contributed by atoms with E-state index in [1.165, 1.54) is 25.7 Å². The molecular weight excluding hydrogens is 160 g/mol. The first kappa shape index (κ1) is 8.52. The molecule has 1 aromatic heterocycles. The number of ketones is 1. The zero-order valence-electron chi connectivity index (χ0n) is 6.57. The number of rotatable bonds is 3. The molecule has 1 aromatic rings. The Balaban J connectivity index is 2.56. The smallest absolute Gasteiger partial charge is 0.313 e. The van der Waals surface area contributed by atoms with Gasteiger partial charge in [-0.1, -0.05) is 0 Å². The van der Waals surface area contributed by atoms with E-state index in [1.807, 2.05) is 0 Å². The van der Waals surface area contributed by atoms with Gasteiger partial charge in [-0.05, 0) is 6.07 Å². The molecule has 0 aliphatic carbocycles. The molecule has 0 fully saturated rings. The maximum absolute atomic E-state index is 11.1. The lowest BCUT2D eigenvalue weighted by Gasteiger charge is -1.94. The van der Waals surface area contributed by atoms with Crippen molar-refractivity contribution in [3.05, 3.63) is 24.2 Å². The van der Waals surface area contributed by atoms with Gasteiger partial charge in [-0.15, -0.1) is 0 Å². The molecule has 0 saturated carbocycles. The van der Waals surface area contributed by atoms with E-state index in [1.54, 1.807) is 0 Å². The van der Waals surface area contributed by atoms with Crippen molar-refractivity contribution < 1.29 is 18.7 Å². The lowest BCUT2D eigenvalue weighted by molar-refractivity contribution is -0.139. The van der Waals surface area contributed by atoms with Gasteiger partial charge in [0, 0.05) is 0 Å². The SMILES string of the molecule is COC(=O)CC(=O)c1ccoc1. The number of hydrogen-bond donors (Lipinski definition) is 0. The fraction of sp³-hybridized carbons (Fsp3) is 0.250. The first-order valence-corrected chi connectivity index (χ1v) is 3.36. The Morgan fingerprint density at radius 3 is 2.83 bits per heavy atom. The summed E-state index contributed by atoms with van der Waals surface area (Å²) in [6.45, 7) is 0. The van der Waals surface area contributed by atoms with Crippen LogP contribution in [0.4, 0.5) is 0 Å². The lowest BCUT2D eigenvalue weighted by atomic mass is 10.2. The van der Waals surface area contributed by atoms with E-state index >= 15 is 0 Å². The molecule has 0 bridgehead atoms. The summed E-state index contributed by atoms with van der Waals surface area (Å²) in [5, 5.41) is 0.